The molecule has 0 spiro atoms. The van der Waals surface area contributed by atoms with Crippen LogP contribution in [-0.2, 0) is 40.1 Å². The molecule has 0 saturated carbocycles. The van der Waals surface area contributed by atoms with Crippen LogP contribution >= 0.6 is 0 Å². The van der Waals surface area contributed by atoms with E-state index in [9.17, 15) is 5.53 Å². The van der Waals surface area contributed by atoms with E-state index in [2.05, 4.69) is 90.9 Å². The molecule has 0 aromatic heterocycles. The molecule has 81 heavy (non-hydrogen) atoms. The summed E-state index contributed by atoms with van der Waals surface area (Å²) in [5, 5.41) is 2.87. The van der Waals surface area contributed by atoms with Crippen molar-refractivity contribution in [1.82, 2.24) is 0 Å². The number of allylic oxidation sites excluding steroid dienone is 2. The van der Waals surface area contributed by atoms with Crippen LogP contribution in [0.3, 0.4) is 0 Å². The minimum absolute atomic E-state index is 0.969. The van der Waals surface area contributed by atoms with Gasteiger partial charge in [0.05, 0.1) is 0 Å². The van der Waals surface area contributed by atoms with Crippen LogP contribution in [0.25, 0.3) is 16.9 Å². The molecule has 3 rings (SSSR count). The fraction of sp³-hybridized carbons (Fsp3) is 0.795. The Kier molecular flexibility index (Phi) is 51.8. The third-order valence-electron chi connectivity index (χ3n) is 17.5. The molecule has 0 amide bonds. The summed E-state index contributed by atoms with van der Waals surface area (Å²) in [6.07, 6.45) is 74.5. The zero-order chi connectivity index (χ0) is 58.3. The molecule has 470 valence electrons. The first kappa shape index (κ1) is 75.1. The molecule has 1 aliphatic rings. The molecule has 0 unspecified atom stereocenters. The van der Waals surface area contributed by atoms with Crippen LogP contribution < -0.4 is 0 Å². The van der Waals surface area contributed by atoms with Gasteiger partial charge >= 0.3 is 166 Å². The van der Waals surface area contributed by atoms with Crippen molar-refractivity contribution in [1.29, 1.82) is 0 Å². The first-order valence-electron chi connectivity index (χ1n) is 36.6. The Morgan fingerprint density at radius 1 is 0.272 bits per heavy atom. The second-order valence-electron chi connectivity index (χ2n) is 25.5. The molecule has 0 atom stereocenters. The van der Waals surface area contributed by atoms with Gasteiger partial charge in [0.1, 0.15) is 0 Å². The number of rotatable bonds is 57. The maximum absolute atomic E-state index is 12.2. The van der Waals surface area contributed by atoms with Crippen LogP contribution in [0.4, 0.5) is 0 Å². The second-order valence-corrected chi connectivity index (χ2v) is 27.0. The van der Waals surface area contributed by atoms with Gasteiger partial charge in [-0.05, 0) is 111 Å². The minimum Gasteiger partial charge on any atom is -0.493 e. The Bertz CT molecular complexity index is 1770. The fourth-order valence-electron chi connectivity index (χ4n) is 12.2. The van der Waals surface area contributed by atoms with Gasteiger partial charge in [0.15, 0.2) is 0 Å². The standard InChI is InChI=1S/C48H76N2.2C15H31.Ni/c1-6-11-16-20-22-26-30-41-33-40(28-24-18-13-8-3)35-45(36-41)47-39-44(32-15-10-5)48(50(47)49)46-37-42(29-25-19-14-9-4)34-43(38-46)31-27-23-21-17-12-7-2;2*1-3-5-7-9-11-13-15-14-12-10-8-6-4-2;/h33-39H,6-32H2,1-5H3;2*1,3-15H2,2H3;. The number of benzene rings is 2. The van der Waals surface area contributed by atoms with E-state index in [0.29, 0.717) is 0 Å². The number of unbranched alkanes of at least 4 members (excludes halogenated alkanes) is 41. The zero-order valence-electron chi connectivity index (χ0n) is 55.6. The van der Waals surface area contributed by atoms with Crippen LogP contribution in [0.15, 0.2) is 48.0 Å². The average Bonchev–Trinajstić information content (AvgIpc) is 3.85. The van der Waals surface area contributed by atoms with Crippen LogP contribution in [0.1, 0.15) is 396 Å². The van der Waals surface area contributed by atoms with Crippen LogP contribution in [0, 0.1) is 0 Å². The van der Waals surface area contributed by atoms with Crippen molar-refractivity contribution in [3.05, 3.63) is 87.0 Å². The molecule has 2 nitrogen and oxygen atoms in total. The SMILES string of the molecule is CCCCCCCCCCCCCC[CH2][Ni][CH2]CCCCCCCCCCCCCC.CCCCCCCCc1cc(CCCCCC)cc(C2=CC(CCCC)=C(c3cc(CCCCCC)cc(CCCCCCCC)c3)[N+]2=[N-])c1. The van der Waals surface area contributed by atoms with Crippen molar-refractivity contribution < 1.29 is 19.1 Å². The molecule has 0 bridgehead atoms. The molecule has 0 radical (unpaired) electrons. The van der Waals surface area contributed by atoms with Crippen LogP contribution in [0.2, 0.25) is 10.8 Å². The molecule has 0 N–H and O–H groups in total. The third-order valence-corrected chi connectivity index (χ3v) is 18.9. The Morgan fingerprint density at radius 2 is 0.519 bits per heavy atom. The van der Waals surface area contributed by atoms with Crippen molar-refractivity contribution in [3.63, 3.8) is 0 Å². The average molecular weight is 1160 g/mol. The summed E-state index contributed by atoms with van der Waals surface area (Å²) in [5.74, 6) is 0. The summed E-state index contributed by atoms with van der Waals surface area (Å²) in [6.45, 7) is 16.1. The minimum atomic E-state index is 0.969. The molecule has 0 aliphatic carbocycles. The predicted octanol–water partition coefficient (Wildman–Crippen LogP) is 27.8. The van der Waals surface area contributed by atoms with Gasteiger partial charge in [-0.1, -0.05) is 195 Å². The van der Waals surface area contributed by atoms with Gasteiger partial charge in [0.2, 0.25) is 11.4 Å². The number of nitrogens with zero attached hydrogens (tertiary/aromatic N) is 2. The third kappa shape index (κ3) is 40.1. The number of hydrogen-bond donors (Lipinski definition) is 0. The van der Waals surface area contributed by atoms with Crippen molar-refractivity contribution in [2.45, 2.75) is 400 Å². The summed E-state index contributed by atoms with van der Waals surface area (Å²) in [7, 11) is 0. The Hall–Kier alpha value is -1.99. The Balaban J connectivity index is 0.000000622. The normalized spacial score (nSPS) is 12.5. The van der Waals surface area contributed by atoms with Crippen molar-refractivity contribution in [3.8, 4) is 0 Å². The zero-order valence-corrected chi connectivity index (χ0v) is 56.6. The fourth-order valence-corrected chi connectivity index (χ4v) is 13.4. The van der Waals surface area contributed by atoms with Gasteiger partial charge in [0.25, 0.3) is 0 Å². The van der Waals surface area contributed by atoms with Gasteiger partial charge in [-0.2, -0.15) is 0 Å². The molecule has 1 aliphatic heterocycles. The van der Waals surface area contributed by atoms with E-state index in [1.165, 1.54) is 345 Å². The molecular weight excluding hydrogens is 1020 g/mol. The number of aryl methyl sites for hydroxylation is 4. The summed E-state index contributed by atoms with van der Waals surface area (Å²) >= 11 is 2.04. The Morgan fingerprint density at radius 3 is 0.815 bits per heavy atom. The van der Waals surface area contributed by atoms with Gasteiger partial charge in [-0.25, -0.2) is 4.70 Å². The van der Waals surface area contributed by atoms with Gasteiger partial charge < -0.3 is 5.53 Å². The van der Waals surface area contributed by atoms with Crippen LogP contribution in [-0.4, -0.2) is 4.70 Å². The first-order valence-corrected chi connectivity index (χ1v) is 38.0. The monoisotopic (exact) mass is 1160 g/mol. The maximum atomic E-state index is 12.2. The molecule has 2 aromatic carbocycles. The Labute approximate surface area is 514 Å². The van der Waals surface area contributed by atoms with Gasteiger partial charge in [-0.15, -0.1) is 0 Å². The summed E-state index contributed by atoms with van der Waals surface area (Å²) in [4.78, 5) is 0. The number of hydrogen-bond acceptors (Lipinski definition) is 0. The van der Waals surface area contributed by atoms with Crippen LogP contribution in [0.5, 0.6) is 0 Å². The van der Waals surface area contributed by atoms with Crippen molar-refractivity contribution in [2.24, 2.45) is 0 Å². The van der Waals surface area contributed by atoms with Gasteiger partial charge in [-0.3, -0.25) is 0 Å². The molecule has 1 heterocycles. The predicted molar refractivity (Wildman–Crippen MR) is 362 cm³/mol. The van der Waals surface area contributed by atoms with E-state index < -0.39 is 0 Å². The second kappa shape index (κ2) is 55.9. The topological polar surface area (TPSA) is 25.3 Å². The van der Waals surface area contributed by atoms with E-state index in [1.807, 2.05) is 14.4 Å². The van der Waals surface area contributed by atoms with Gasteiger partial charge in [0, 0.05) is 22.8 Å². The summed E-state index contributed by atoms with van der Waals surface area (Å²) in [6, 6.07) is 14.6. The molecular formula is C78H138N2Ni. The van der Waals surface area contributed by atoms with E-state index in [0.717, 1.165) is 56.3 Å². The van der Waals surface area contributed by atoms with Crippen molar-refractivity contribution >= 4 is 11.4 Å². The summed E-state index contributed by atoms with van der Waals surface area (Å²) in [5.41, 5.74) is 23.6. The van der Waals surface area contributed by atoms with E-state index >= 15 is 0 Å². The summed E-state index contributed by atoms with van der Waals surface area (Å²) < 4.78 is 1.58. The van der Waals surface area contributed by atoms with E-state index in [4.69, 9.17) is 0 Å². The van der Waals surface area contributed by atoms with Crippen molar-refractivity contribution in [2.75, 3.05) is 0 Å². The van der Waals surface area contributed by atoms with E-state index in [1.54, 1.807) is 4.70 Å². The molecule has 3 heteroatoms. The molecule has 2 aromatic rings. The van der Waals surface area contributed by atoms with E-state index in [-0.39, 0.29) is 0 Å². The molecule has 0 fully saturated rings. The quantitative estimate of drug-likeness (QED) is 0.0358. The first-order chi connectivity index (χ1) is 40.0. The molecule has 0 saturated heterocycles. The smallest absolute Gasteiger partial charge is 0.493 e.